The van der Waals surface area contributed by atoms with Crippen molar-refractivity contribution >= 4 is 29.1 Å². The van der Waals surface area contributed by atoms with Crippen LogP contribution < -0.4 is 9.47 Å². The first-order valence-electron chi connectivity index (χ1n) is 10.3. The van der Waals surface area contributed by atoms with Gasteiger partial charge in [0.25, 0.3) is 11.7 Å². The summed E-state index contributed by atoms with van der Waals surface area (Å²) in [6.45, 7) is 0.999. The Bertz CT molecular complexity index is 1100. The summed E-state index contributed by atoms with van der Waals surface area (Å²) < 4.78 is 10.3. The quantitative estimate of drug-likeness (QED) is 0.343. The number of halogens is 1. The molecule has 0 aliphatic carbocycles. The number of ketones is 1. The lowest BCUT2D eigenvalue weighted by atomic mass is 9.95. The number of nitrogens with zero attached hydrogens (tertiary/aromatic N) is 2. The fourth-order valence-electron chi connectivity index (χ4n) is 3.85. The predicted molar refractivity (Wildman–Crippen MR) is 125 cm³/mol. The molecular formula is C24H27ClN2O6. The van der Waals surface area contributed by atoms with Gasteiger partial charge in [-0.3, -0.25) is 9.59 Å². The minimum atomic E-state index is -0.884. The molecule has 1 unspecified atom stereocenters. The molecule has 1 aliphatic rings. The maximum atomic E-state index is 13.1. The van der Waals surface area contributed by atoms with Gasteiger partial charge in [-0.1, -0.05) is 17.7 Å². The van der Waals surface area contributed by atoms with E-state index in [1.807, 2.05) is 19.0 Å². The molecule has 33 heavy (non-hydrogen) atoms. The van der Waals surface area contributed by atoms with E-state index in [1.54, 1.807) is 18.2 Å². The van der Waals surface area contributed by atoms with Crippen LogP contribution in [0.1, 0.15) is 23.6 Å². The van der Waals surface area contributed by atoms with E-state index in [4.69, 9.17) is 21.1 Å². The predicted octanol–water partition coefficient (Wildman–Crippen LogP) is 3.44. The van der Waals surface area contributed by atoms with Crippen molar-refractivity contribution in [1.29, 1.82) is 0 Å². The van der Waals surface area contributed by atoms with Crippen molar-refractivity contribution in [1.82, 2.24) is 9.80 Å². The third-order valence-corrected chi connectivity index (χ3v) is 5.80. The second-order valence-corrected chi connectivity index (χ2v) is 8.34. The Morgan fingerprint density at radius 1 is 1.09 bits per heavy atom. The van der Waals surface area contributed by atoms with Crippen molar-refractivity contribution < 1.29 is 29.3 Å². The minimum absolute atomic E-state index is 0.0706. The van der Waals surface area contributed by atoms with Gasteiger partial charge in [0.1, 0.15) is 11.5 Å². The molecule has 3 rings (SSSR count). The molecule has 1 amide bonds. The average Bonchev–Trinajstić information content (AvgIpc) is 3.03. The number of methoxy groups -OCH3 is 2. The Hall–Kier alpha value is -3.23. The number of likely N-dealkylation sites (tertiary alicyclic amines) is 1. The van der Waals surface area contributed by atoms with Crippen LogP contribution in [0.5, 0.6) is 17.2 Å². The number of phenols is 1. The maximum Gasteiger partial charge on any atom is 0.295 e. The molecule has 1 fully saturated rings. The number of ether oxygens (including phenoxy) is 2. The summed E-state index contributed by atoms with van der Waals surface area (Å²) in [6.07, 6.45) is 0.619. The number of aliphatic hydroxyl groups is 1. The SMILES string of the molecule is COc1ccc(C2/C(=C(/O)c3ccc(Cl)c(OC)c3)C(=O)C(=O)N2CCCN(C)C)cc1O. The first kappa shape index (κ1) is 24.4. The molecule has 0 saturated carbocycles. The minimum Gasteiger partial charge on any atom is -0.507 e. The molecule has 176 valence electrons. The lowest BCUT2D eigenvalue weighted by Gasteiger charge is -2.26. The zero-order valence-corrected chi connectivity index (χ0v) is 19.7. The van der Waals surface area contributed by atoms with Gasteiger partial charge in [-0.05, 0) is 63.0 Å². The van der Waals surface area contributed by atoms with Gasteiger partial charge in [0.2, 0.25) is 0 Å². The number of amides is 1. The van der Waals surface area contributed by atoms with E-state index < -0.39 is 17.7 Å². The molecule has 1 heterocycles. The van der Waals surface area contributed by atoms with E-state index in [9.17, 15) is 19.8 Å². The van der Waals surface area contributed by atoms with E-state index in [-0.39, 0.29) is 28.4 Å². The summed E-state index contributed by atoms with van der Waals surface area (Å²) in [5.74, 6) is -1.42. The average molecular weight is 475 g/mol. The monoisotopic (exact) mass is 474 g/mol. The molecule has 1 atom stereocenters. The lowest BCUT2D eigenvalue weighted by molar-refractivity contribution is -0.139. The Morgan fingerprint density at radius 3 is 2.39 bits per heavy atom. The first-order chi connectivity index (χ1) is 15.7. The highest BCUT2D eigenvalue weighted by molar-refractivity contribution is 6.46. The van der Waals surface area contributed by atoms with Gasteiger partial charge in [-0.15, -0.1) is 0 Å². The number of carbonyl (C=O) groups is 2. The first-order valence-corrected chi connectivity index (χ1v) is 10.7. The van der Waals surface area contributed by atoms with Crippen LogP contribution in [-0.2, 0) is 9.59 Å². The van der Waals surface area contributed by atoms with Crippen molar-refractivity contribution in [2.75, 3.05) is 41.4 Å². The highest BCUT2D eigenvalue weighted by Crippen LogP contribution is 2.42. The number of benzene rings is 2. The standard InChI is InChI=1S/C24H27ClN2O6/c1-26(2)10-5-11-27-21(14-7-9-18(32-3)17(28)12-14)20(23(30)24(27)31)22(29)15-6-8-16(25)19(13-15)33-4/h6-9,12-13,21,28-29H,5,10-11H2,1-4H3/b22-20-. The van der Waals surface area contributed by atoms with Gasteiger partial charge in [0.15, 0.2) is 11.5 Å². The van der Waals surface area contributed by atoms with Crippen LogP contribution >= 0.6 is 11.6 Å². The molecule has 1 aliphatic heterocycles. The van der Waals surface area contributed by atoms with Crippen molar-refractivity contribution in [2.45, 2.75) is 12.5 Å². The molecule has 1 saturated heterocycles. The van der Waals surface area contributed by atoms with E-state index in [0.29, 0.717) is 35.8 Å². The van der Waals surface area contributed by atoms with Gasteiger partial charge in [-0.2, -0.15) is 0 Å². The molecule has 2 N–H and O–H groups in total. The lowest BCUT2D eigenvalue weighted by Crippen LogP contribution is -2.32. The summed E-state index contributed by atoms with van der Waals surface area (Å²) in [7, 11) is 6.70. The summed E-state index contributed by atoms with van der Waals surface area (Å²) in [6, 6.07) is 8.34. The van der Waals surface area contributed by atoms with Gasteiger partial charge in [0, 0.05) is 12.1 Å². The number of rotatable bonds is 8. The Balaban J connectivity index is 2.15. The zero-order valence-electron chi connectivity index (χ0n) is 19.0. The van der Waals surface area contributed by atoms with Crippen molar-refractivity contribution in [3.63, 3.8) is 0 Å². The number of Topliss-reactive ketones (excluding diaryl/α,β-unsaturated/α-hetero) is 1. The Labute approximate surface area is 197 Å². The molecule has 8 nitrogen and oxygen atoms in total. The van der Waals surface area contributed by atoms with Crippen LogP contribution in [0.15, 0.2) is 42.0 Å². The second kappa shape index (κ2) is 10.1. The summed E-state index contributed by atoms with van der Waals surface area (Å²) in [5, 5.41) is 21.8. The summed E-state index contributed by atoms with van der Waals surface area (Å²) >= 11 is 6.09. The molecule has 2 aromatic rings. The van der Waals surface area contributed by atoms with Crippen LogP contribution in [0.3, 0.4) is 0 Å². The van der Waals surface area contributed by atoms with E-state index in [1.165, 1.54) is 37.3 Å². The maximum absolute atomic E-state index is 13.1. The number of hydrogen-bond acceptors (Lipinski definition) is 7. The molecule has 0 radical (unpaired) electrons. The number of aliphatic hydroxyl groups excluding tert-OH is 1. The number of carbonyl (C=O) groups excluding carboxylic acids is 2. The van der Waals surface area contributed by atoms with E-state index >= 15 is 0 Å². The third kappa shape index (κ3) is 4.91. The van der Waals surface area contributed by atoms with Crippen LogP contribution in [0.4, 0.5) is 0 Å². The molecule has 2 aromatic carbocycles. The zero-order chi connectivity index (χ0) is 24.3. The summed E-state index contributed by atoms with van der Waals surface area (Å²) in [5.41, 5.74) is 0.684. The highest BCUT2D eigenvalue weighted by atomic mass is 35.5. The summed E-state index contributed by atoms with van der Waals surface area (Å²) in [4.78, 5) is 29.5. The Kier molecular flexibility index (Phi) is 7.50. The highest BCUT2D eigenvalue weighted by Gasteiger charge is 2.46. The number of hydrogen-bond donors (Lipinski definition) is 2. The van der Waals surface area contributed by atoms with Gasteiger partial charge < -0.3 is 29.5 Å². The fourth-order valence-corrected chi connectivity index (χ4v) is 4.05. The number of aromatic hydroxyl groups is 1. The van der Waals surface area contributed by atoms with E-state index in [2.05, 4.69) is 0 Å². The smallest absolute Gasteiger partial charge is 0.295 e. The van der Waals surface area contributed by atoms with Crippen molar-refractivity contribution in [3.05, 3.63) is 58.1 Å². The van der Waals surface area contributed by atoms with Crippen LogP contribution in [0.2, 0.25) is 5.02 Å². The van der Waals surface area contributed by atoms with Crippen LogP contribution in [0.25, 0.3) is 5.76 Å². The van der Waals surface area contributed by atoms with Gasteiger partial charge in [-0.25, -0.2) is 0 Å². The largest absolute Gasteiger partial charge is 0.507 e. The molecule has 9 heteroatoms. The van der Waals surface area contributed by atoms with Gasteiger partial charge in [0.05, 0.1) is 30.9 Å². The number of phenolic OH excluding ortho intramolecular Hbond substituents is 1. The van der Waals surface area contributed by atoms with Gasteiger partial charge >= 0.3 is 0 Å². The van der Waals surface area contributed by atoms with E-state index in [0.717, 1.165) is 0 Å². The molecule has 0 spiro atoms. The van der Waals surface area contributed by atoms with Crippen molar-refractivity contribution in [2.24, 2.45) is 0 Å². The van der Waals surface area contributed by atoms with Crippen molar-refractivity contribution in [3.8, 4) is 17.2 Å². The Morgan fingerprint density at radius 2 is 1.79 bits per heavy atom. The van der Waals surface area contributed by atoms with Crippen LogP contribution in [-0.4, -0.2) is 73.1 Å². The molecule has 0 aromatic heterocycles. The topological polar surface area (TPSA) is 99.5 Å². The fraction of sp³-hybridized carbons (Fsp3) is 0.333. The third-order valence-electron chi connectivity index (χ3n) is 5.49. The molecular weight excluding hydrogens is 448 g/mol. The van der Waals surface area contributed by atoms with Crippen LogP contribution in [0, 0.1) is 0 Å². The second-order valence-electron chi connectivity index (χ2n) is 7.93. The molecule has 0 bridgehead atoms. The normalized spacial score (nSPS) is 17.6.